The highest BCUT2D eigenvalue weighted by Crippen LogP contribution is 2.29. The maximum atomic E-state index is 12.4. The number of ether oxygens (including phenoxy) is 1. The van der Waals surface area contributed by atoms with Gasteiger partial charge in [-0.05, 0) is 68.8 Å². The minimum absolute atomic E-state index is 0.108. The van der Waals surface area contributed by atoms with Crippen LogP contribution in [0.5, 0.6) is 5.75 Å². The summed E-state index contributed by atoms with van der Waals surface area (Å²) in [6.07, 6.45) is 3.86. The molecule has 0 atom stereocenters. The molecule has 0 unspecified atom stereocenters. The number of carbonyl (C=O) groups is 1. The van der Waals surface area contributed by atoms with Gasteiger partial charge in [0, 0.05) is 26.2 Å². The summed E-state index contributed by atoms with van der Waals surface area (Å²) < 4.78 is 5.69. The summed E-state index contributed by atoms with van der Waals surface area (Å²) in [5.41, 5.74) is 2.44. The first kappa shape index (κ1) is 16.3. The first-order chi connectivity index (χ1) is 11.1. The van der Waals surface area contributed by atoms with Crippen LogP contribution >= 0.6 is 0 Å². The number of hydrogen-bond donors (Lipinski definition) is 0. The van der Waals surface area contributed by atoms with E-state index >= 15 is 0 Å². The van der Waals surface area contributed by atoms with Crippen LogP contribution in [0.2, 0.25) is 0 Å². The van der Waals surface area contributed by atoms with Gasteiger partial charge in [-0.1, -0.05) is 6.07 Å². The number of hydrogen-bond acceptors (Lipinski definition) is 3. The number of nitrogens with zero attached hydrogens (tertiary/aromatic N) is 2. The summed E-state index contributed by atoms with van der Waals surface area (Å²) in [6, 6.07) is 5.98. The van der Waals surface area contributed by atoms with E-state index in [0.717, 1.165) is 44.3 Å². The van der Waals surface area contributed by atoms with Crippen molar-refractivity contribution in [3.05, 3.63) is 29.3 Å². The van der Waals surface area contributed by atoms with Crippen LogP contribution < -0.4 is 4.74 Å². The Bertz CT molecular complexity index is 554. The Balaban J connectivity index is 1.46. The van der Waals surface area contributed by atoms with Crippen molar-refractivity contribution in [2.75, 3.05) is 39.3 Å². The average molecular weight is 316 g/mol. The summed E-state index contributed by atoms with van der Waals surface area (Å²) >= 11 is 0. The fourth-order valence-corrected chi connectivity index (χ4v) is 3.11. The molecule has 0 spiro atoms. The van der Waals surface area contributed by atoms with Crippen LogP contribution in [0.15, 0.2) is 18.2 Å². The van der Waals surface area contributed by atoms with E-state index in [1.807, 2.05) is 23.1 Å². The number of amides is 1. The van der Waals surface area contributed by atoms with E-state index in [-0.39, 0.29) is 12.5 Å². The average Bonchev–Trinajstić information content (AvgIpc) is 3.36. The van der Waals surface area contributed by atoms with Crippen molar-refractivity contribution >= 4 is 5.91 Å². The van der Waals surface area contributed by atoms with Crippen molar-refractivity contribution in [2.45, 2.75) is 33.1 Å². The second-order valence-corrected chi connectivity index (χ2v) is 7.01. The third-order valence-corrected chi connectivity index (χ3v) is 5.00. The highest BCUT2D eigenvalue weighted by molar-refractivity contribution is 5.77. The van der Waals surface area contributed by atoms with Crippen molar-refractivity contribution in [1.82, 2.24) is 9.80 Å². The molecule has 0 bridgehead atoms. The van der Waals surface area contributed by atoms with E-state index in [0.29, 0.717) is 0 Å². The molecular weight excluding hydrogens is 288 g/mol. The van der Waals surface area contributed by atoms with Crippen molar-refractivity contribution in [1.29, 1.82) is 0 Å². The van der Waals surface area contributed by atoms with E-state index in [1.165, 1.54) is 30.5 Å². The molecule has 23 heavy (non-hydrogen) atoms. The van der Waals surface area contributed by atoms with Crippen molar-refractivity contribution in [3.8, 4) is 5.75 Å². The molecule has 0 N–H and O–H groups in total. The molecule has 4 nitrogen and oxygen atoms in total. The predicted molar refractivity (Wildman–Crippen MR) is 91.8 cm³/mol. The molecule has 2 fully saturated rings. The summed E-state index contributed by atoms with van der Waals surface area (Å²) in [5.74, 6) is 1.81. The zero-order valence-electron chi connectivity index (χ0n) is 14.4. The molecule has 1 saturated carbocycles. The lowest BCUT2D eigenvalue weighted by Gasteiger charge is -2.22. The lowest BCUT2D eigenvalue weighted by Crippen LogP contribution is -2.38. The maximum Gasteiger partial charge on any atom is 0.260 e. The molecule has 0 aromatic heterocycles. The Kier molecular flexibility index (Phi) is 5.21. The Labute approximate surface area is 139 Å². The van der Waals surface area contributed by atoms with Crippen molar-refractivity contribution < 1.29 is 9.53 Å². The van der Waals surface area contributed by atoms with E-state index in [1.54, 1.807) is 0 Å². The SMILES string of the molecule is Cc1ccc(OCC(=O)N2CCCN(CC3CC3)CC2)cc1C. The van der Waals surface area contributed by atoms with Crippen LogP contribution in [0.4, 0.5) is 0 Å². The smallest absolute Gasteiger partial charge is 0.260 e. The lowest BCUT2D eigenvalue weighted by atomic mass is 10.1. The molecule has 2 aliphatic rings. The van der Waals surface area contributed by atoms with Gasteiger partial charge in [0.25, 0.3) is 5.91 Å². The van der Waals surface area contributed by atoms with Crippen molar-refractivity contribution in [3.63, 3.8) is 0 Å². The first-order valence-corrected chi connectivity index (χ1v) is 8.82. The first-order valence-electron chi connectivity index (χ1n) is 8.82. The van der Waals surface area contributed by atoms with Crippen LogP contribution in [0, 0.1) is 19.8 Å². The summed E-state index contributed by atoms with van der Waals surface area (Å²) in [4.78, 5) is 16.9. The Hall–Kier alpha value is -1.55. The maximum absolute atomic E-state index is 12.4. The quantitative estimate of drug-likeness (QED) is 0.837. The van der Waals surface area contributed by atoms with Crippen LogP contribution in [0.3, 0.4) is 0 Å². The highest BCUT2D eigenvalue weighted by atomic mass is 16.5. The topological polar surface area (TPSA) is 32.8 Å². The van der Waals surface area contributed by atoms with Gasteiger partial charge in [0.1, 0.15) is 5.75 Å². The van der Waals surface area contributed by atoms with Gasteiger partial charge in [-0.2, -0.15) is 0 Å². The molecule has 3 rings (SSSR count). The molecule has 1 aromatic carbocycles. The van der Waals surface area contributed by atoms with Gasteiger partial charge in [0.15, 0.2) is 6.61 Å². The molecule has 1 amide bonds. The molecule has 0 radical (unpaired) electrons. The molecule has 1 saturated heterocycles. The number of rotatable bonds is 5. The molecule has 4 heteroatoms. The predicted octanol–water partition coefficient (Wildman–Crippen LogP) is 2.63. The normalized spacial score (nSPS) is 19.5. The molecule has 1 heterocycles. The van der Waals surface area contributed by atoms with Gasteiger partial charge in [0.05, 0.1) is 0 Å². The Morgan fingerprint density at radius 2 is 1.96 bits per heavy atom. The van der Waals surface area contributed by atoms with E-state index < -0.39 is 0 Å². The van der Waals surface area contributed by atoms with Gasteiger partial charge >= 0.3 is 0 Å². The summed E-state index contributed by atoms with van der Waals surface area (Å²) in [5, 5.41) is 0. The van der Waals surface area contributed by atoms with Gasteiger partial charge in [-0.25, -0.2) is 0 Å². The standard InChI is InChI=1S/C19H28N2O2/c1-15-4-7-18(12-16(15)2)23-14-19(22)21-9-3-8-20(10-11-21)13-17-5-6-17/h4,7,12,17H,3,5-6,8-11,13-14H2,1-2H3. The fraction of sp³-hybridized carbons (Fsp3) is 0.632. The largest absolute Gasteiger partial charge is 0.484 e. The Morgan fingerprint density at radius 3 is 2.70 bits per heavy atom. The van der Waals surface area contributed by atoms with E-state index in [4.69, 9.17) is 4.74 Å². The zero-order valence-corrected chi connectivity index (χ0v) is 14.4. The zero-order chi connectivity index (χ0) is 16.2. The second kappa shape index (κ2) is 7.35. The fourth-order valence-electron chi connectivity index (χ4n) is 3.11. The lowest BCUT2D eigenvalue weighted by molar-refractivity contribution is -0.133. The van der Waals surface area contributed by atoms with E-state index in [2.05, 4.69) is 18.7 Å². The van der Waals surface area contributed by atoms with Crippen LogP contribution in [0.1, 0.15) is 30.4 Å². The van der Waals surface area contributed by atoms with Crippen LogP contribution in [-0.2, 0) is 4.79 Å². The third-order valence-electron chi connectivity index (χ3n) is 5.00. The molecule has 1 aliphatic carbocycles. The van der Waals surface area contributed by atoms with Gasteiger partial charge in [-0.3, -0.25) is 4.79 Å². The molecule has 126 valence electrons. The second-order valence-electron chi connectivity index (χ2n) is 7.01. The van der Waals surface area contributed by atoms with Crippen LogP contribution in [0.25, 0.3) is 0 Å². The monoisotopic (exact) mass is 316 g/mol. The molecule has 1 aromatic rings. The minimum atomic E-state index is 0.108. The number of carbonyl (C=O) groups excluding carboxylic acids is 1. The minimum Gasteiger partial charge on any atom is -0.484 e. The number of aryl methyl sites for hydroxylation is 2. The van der Waals surface area contributed by atoms with Crippen molar-refractivity contribution in [2.24, 2.45) is 5.92 Å². The third kappa shape index (κ3) is 4.71. The summed E-state index contributed by atoms with van der Waals surface area (Å²) in [7, 11) is 0. The van der Waals surface area contributed by atoms with Crippen LogP contribution in [-0.4, -0.2) is 55.0 Å². The van der Waals surface area contributed by atoms with E-state index in [9.17, 15) is 4.79 Å². The Morgan fingerprint density at radius 1 is 1.13 bits per heavy atom. The molecular formula is C19H28N2O2. The highest BCUT2D eigenvalue weighted by Gasteiger charge is 2.26. The molecule has 1 aliphatic heterocycles. The van der Waals surface area contributed by atoms with Gasteiger partial charge in [0.2, 0.25) is 0 Å². The summed E-state index contributed by atoms with van der Waals surface area (Å²) in [6.45, 7) is 9.33. The van der Waals surface area contributed by atoms with Gasteiger partial charge in [-0.15, -0.1) is 0 Å². The number of benzene rings is 1. The van der Waals surface area contributed by atoms with Gasteiger partial charge < -0.3 is 14.5 Å².